The molecule has 1 rings (SSSR count). The van der Waals surface area contributed by atoms with E-state index < -0.39 is 6.61 Å². The van der Waals surface area contributed by atoms with Crippen LogP contribution in [-0.2, 0) is 9.63 Å². The number of methoxy groups -OCH3 is 1. The summed E-state index contributed by atoms with van der Waals surface area (Å²) in [5.74, 6) is -0.278. The van der Waals surface area contributed by atoms with E-state index in [1.165, 1.54) is 51.6 Å². The summed E-state index contributed by atoms with van der Waals surface area (Å²) in [6, 6.07) is 4.35. The van der Waals surface area contributed by atoms with Crippen LogP contribution in [0.15, 0.2) is 24.3 Å². The van der Waals surface area contributed by atoms with Crippen LogP contribution in [0.5, 0.6) is 11.5 Å². The minimum atomic E-state index is -2.93. The molecule has 0 heterocycles. The number of hydroxylamine groups is 2. The second kappa shape index (κ2) is 7.44. The number of hydrogen-bond acceptors (Lipinski definition) is 4. The Balaban J connectivity index is 2.87. The van der Waals surface area contributed by atoms with Crippen LogP contribution >= 0.6 is 0 Å². The van der Waals surface area contributed by atoms with Crippen LogP contribution in [-0.4, -0.2) is 38.8 Å². The maximum absolute atomic E-state index is 12.2. The van der Waals surface area contributed by atoms with Gasteiger partial charge in [0.25, 0.3) is 5.91 Å². The number of carbonyl (C=O) groups is 1. The first-order valence-electron chi connectivity index (χ1n) is 5.60. The van der Waals surface area contributed by atoms with Crippen LogP contribution in [0.4, 0.5) is 8.78 Å². The van der Waals surface area contributed by atoms with Crippen LogP contribution < -0.4 is 9.47 Å². The van der Waals surface area contributed by atoms with Gasteiger partial charge in [0.15, 0.2) is 11.5 Å². The number of halogens is 2. The van der Waals surface area contributed by atoms with Gasteiger partial charge in [0.05, 0.1) is 14.2 Å². The monoisotopic (exact) mass is 287 g/mol. The smallest absolute Gasteiger partial charge is 0.387 e. The van der Waals surface area contributed by atoms with Crippen molar-refractivity contribution in [1.82, 2.24) is 5.06 Å². The molecule has 1 aromatic rings. The van der Waals surface area contributed by atoms with E-state index in [1.807, 2.05) is 0 Å². The first-order valence-corrected chi connectivity index (χ1v) is 5.60. The van der Waals surface area contributed by atoms with E-state index in [1.54, 1.807) is 0 Å². The number of benzene rings is 1. The number of carbonyl (C=O) groups excluding carboxylic acids is 1. The number of hydrogen-bond donors (Lipinski definition) is 0. The molecule has 0 atom stereocenters. The van der Waals surface area contributed by atoms with E-state index >= 15 is 0 Å². The van der Waals surface area contributed by atoms with Crippen molar-refractivity contribution in [2.75, 3.05) is 21.3 Å². The molecule has 1 aromatic carbocycles. The number of likely N-dealkylation sites (N-methyl/N-ethyl adjacent to an activating group) is 1. The van der Waals surface area contributed by atoms with Crippen molar-refractivity contribution in [2.24, 2.45) is 0 Å². The van der Waals surface area contributed by atoms with E-state index in [4.69, 9.17) is 9.57 Å². The zero-order valence-electron chi connectivity index (χ0n) is 11.3. The van der Waals surface area contributed by atoms with Gasteiger partial charge in [-0.3, -0.25) is 9.63 Å². The van der Waals surface area contributed by atoms with Crippen molar-refractivity contribution in [3.8, 4) is 11.5 Å². The number of alkyl halides is 2. The predicted molar refractivity (Wildman–Crippen MR) is 68.4 cm³/mol. The van der Waals surface area contributed by atoms with Gasteiger partial charge >= 0.3 is 6.61 Å². The molecule has 0 aliphatic heterocycles. The fourth-order valence-electron chi connectivity index (χ4n) is 1.34. The van der Waals surface area contributed by atoms with E-state index in [9.17, 15) is 13.6 Å². The molecule has 1 amide bonds. The lowest BCUT2D eigenvalue weighted by Crippen LogP contribution is -2.22. The zero-order chi connectivity index (χ0) is 15.1. The zero-order valence-corrected chi connectivity index (χ0v) is 11.3. The second-order valence-electron chi connectivity index (χ2n) is 3.64. The lowest BCUT2D eigenvalue weighted by atomic mass is 10.2. The molecule has 0 bridgehead atoms. The number of ether oxygens (including phenoxy) is 2. The Kier molecular flexibility index (Phi) is 5.92. The van der Waals surface area contributed by atoms with Crippen LogP contribution in [0.2, 0.25) is 0 Å². The summed E-state index contributed by atoms with van der Waals surface area (Å²) in [6.45, 7) is -2.93. The van der Waals surface area contributed by atoms with Crippen molar-refractivity contribution in [3.05, 3.63) is 29.8 Å². The maximum Gasteiger partial charge on any atom is 0.387 e. The molecule has 0 aromatic heterocycles. The summed E-state index contributed by atoms with van der Waals surface area (Å²) < 4.78 is 33.6. The first kappa shape index (κ1) is 15.9. The minimum Gasteiger partial charge on any atom is -0.493 e. The van der Waals surface area contributed by atoms with Gasteiger partial charge in [0.2, 0.25) is 0 Å². The van der Waals surface area contributed by atoms with Crippen molar-refractivity contribution in [1.29, 1.82) is 0 Å². The third-order valence-corrected chi connectivity index (χ3v) is 2.41. The largest absolute Gasteiger partial charge is 0.493 e. The predicted octanol–water partition coefficient (Wildman–Crippen LogP) is 2.33. The molecule has 20 heavy (non-hydrogen) atoms. The molecule has 0 unspecified atom stereocenters. The molecular weight excluding hydrogens is 272 g/mol. The molecule has 0 radical (unpaired) electrons. The van der Waals surface area contributed by atoms with E-state index in [0.717, 1.165) is 5.06 Å². The van der Waals surface area contributed by atoms with Crippen molar-refractivity contribution < 1.29 is 27.9 Å². The standard InChI is InChI=1S/C13H15F2NO4/c1-16(19-3)12(17)7-5-9-4-6-10(20-13(14)15)11(8-9)18-2/h4-8,13H,1-3H3/b7-5+. The third-order valence-electron chi connectivity index (χ3n) is 2.41. The highest BCUT2D eigenvalue weighted by Crippen LogP contribution is 2.29. The maximum atomic E-state index is 12.2. The summed E-state index contributed by atoms with van der Waals surface area (Å²) in [6.07, 6.45) is 2.79. The Bertz CT molecular complexity index is 491. The van der Waals surface area contributed by atoms with E-state index in [0.29, 0.717) is 5.56 Å². The second-order valence-corrected chi connectivity index (χ2v) is 3.64. The summed E-state index contributed by atoms with van der Waals surface area (Å²) in [5.41, 5.74) is 0.598. The molecule has 0 aliphatic rings. The Morgan fingerprint density at radius 3 is 2.55 bits per heavy atom. The van der Waals surface area contributed by atoms with Crippen molar-refractivity contribution in [3.63, 3.8) is 0 Å². The van der Waals surface area contributed by atoms with Gasteiger partial charge in [-0.25, -0.2) is 5.06 Å². The topological polar surface area (TPSA) is 48.0 Å². The SMILES string of the molecule is COc1cc(/C=C/C(=O)N(C)OC)ccc1OC(F)F. The summed E-state index contributed by atoms with van der Waals surface area (Å²) in [5, 5.41) is 1.04. The first-order chi connectivity index (χ1) is 9.47. The normalized spacial score (nSPS) is 10.9. The molecule has 5 nitrogen and oxygen atoms in total. The lowest BCUT2D eigenvalue weighted by Gasteiger charge is -2.11. The number of rotatable bonds is 6. The van der Waals surface area contributed by atoms with Crippen LogP contribution in [0.1, 0.15) is 5.56 Å². The molecule has 0 fully saturated rings. The van der Waals surface area contributed by atoms with Gasteiger partial charge in [0.1, 0.15) is 0 Å². The fourth-order valence-corrected chi connectivity index (χ4v) is 1.34. The molecular formula is C13H15F2NO4. The van der Waals surface area contributed by atoms with Gasteiger partial charge in [0, 0.05) is 13.1 Å². The fraction of sp³-hybridized carbons (Fsp3) is 0.308. The van der Waals surface area contributed by atoms with Gasteiger partial charge in [-0.2, -0.15) is 8.78 Å². The third kappa shape index (κ3) is 4.51. The minimum absolute atomic E-state index is 0.0695. The average Bonchev–Trinajstić information content (AvgIpc) is 2.44. The van der Waals surface area contributed by atoms with Gasteiger partial charge in [-0.15, -0.1) is 0 Å². The van der Waals surface area contributed by atoms with Crippen molar-refractivity contribution >= 4 is 12.0 Å². The van der Waals surface area contributed by atoms with Gasteiger partial charge < -0.3 is 9.47 Å². The van der Waals surface area contributed by atoms with Gasteiger partial charge in [-0.05, 0) is 23.8 Å². The average molecular weight is 287 g/mol. The Morgan fingerprint density at radius 2 is 2.00 bits per heavy atom. The Hall–Kier alpha value is -2.15. The van der Waals surface area contributed by atoms with Crippen LogP contribution in [0.3, 0.4) is 0 Å². The molecule has 0 saturated carbocycles. The van der Waals surface area contributed by atoms with E-state index in [2.05, 4.69) is 4.74 Å². The summed E-state index contributed by atoms with van der Waals surface area (Å²) >= 11 is 0. The lowest BCUT2D eigenvalue weighted by molar-refractivity contribution is -0.162. The van der Waals surface area contributed by atoms with Crippen LogP contribution in [0.25, 0.3) is 6.08 Å². The number of amides is 1. The molecule has 0 spiro atoms. The highest BCUT2D eigenvalue weighted by molar-refractivity contribution is 5.90. The van der Waals surface area contributed by atoms with E-state index in [-0.39, 0.29) is 17.4 Å². The highest BCUT2D eigenvalue weighted by Gasteiger charge is 2.10. The van der Waals surface area contributed by atoms with Crippen molar-refractivity contribution in [2.45, 2.75) is 6.61 Å². The summed E-state index contributed by atoms with van der Waals surface area (Å²) in [7, 11) is 4.17. The Labute approximate surface area is 115 Å². The quantitative estimate of drug-likeness (QED) is 0.595. The highest BCUT2D eigenvalue weighted by atomic mass is 19.3. The molecule has 110 valence electrons. The summed E-state index contributed by atoms with van der Waals surface area (Å²) in [4.78, 5) is 16.2. The van der Waals surface area contributed by atoms with Gasteiger partial charge in [-0.1, -0.05) is 6.07 Å². The molecule has 0 aliphatic carbocycles. The molecule has 0 N–H and O–H groups in total. The number of nitrogens with zero attached hydrogens (tertiary/aromatic N) is 1. The molecule has 7 heteroatoms. The van der Waals surface area contributed by atoms with Crippen LogP contribution in [0, 0.1) is 0 Å². The molecule has 0 saturated heterocycles. The Morgan fingerprint density at radius 1 is 1.30 bits per heavy atom.